The van der Waals surface area contributed by atoms with Gasteiger partial charge in [-0.15, -0.1) is 0 Å². The summed E-state index contributed by atoms with van der Waals surface area (Å²) >= 11 is 0. The van der Waals surface area contributed by atoms with E-state index in [2.05, 4.69) is 15.2 Å². The van der Waals surface area contributed by atoms with E-state index in [0.29, 0.717) is 19.5 Å². The van der Waals surface area contributed by atoms with Crippen LogP contribution in [0.3, 0.4) is 0 Å². The van der Waals surface area contributed by atoms with Crippen LogP contribution in [-0.4, -0.2) is 50.3 Å². The zero-order valence-corrected chi connectivity index (χ0v) is 13.8. The van der Waals surface area contributed by atoms with Crippen LogP contribution in [0.4, 0.5) is 0 Å². The molecular weight excluding hydrogens is 316 g/mol. The molecule has 1 fully saturated rings. The van der Waals surface area contributed by atoms with Crippen LogP contribution in [0.5, 0.6) is 0 Å². The van der Waals surface area contributed by atoms with Crippen molar-refractivity contribution in [2.24, 2.45) is 5.92 Å². The van der Waals surface area contributed by atoms with Crippen LogP contribution < -0.4 is 0 Å². The zero-order valence-electron chi connectivity index (χ0n) is 13.8. The molecule has 1 aromatic carbocycles. The van der Waals surface area contributed by atoms with Crippen molar-refractivity contribution in [1.29, 1.82) is 0 Å². The first kappa shape index (κ1) is 15.8. The summed E-state index contributed by atoms with van der Waals surface area (Å²) in [6.45, 7) is 0.936. The second-order valence-electron chi connectivity index (χ2n) is 6.55. The molecule has 2 N–H and O–H groups in total. The van der Waals surface area contributed by atoms with Crippen LogP contribution in [-0.2, 0) is 17.6 Å². The minimum Gasteiger partial charge on any atom is -0.391 e. The third kappa shape index (κ3) is 3.25. The second-order valence-corrected chi connectivity index (χ2v) is 6.55. The van der Waals surface area contributed by atoms with Gasteiger partial charge < -0.3 is 10.0 Å². The Kier molecular flexibility index (Phi) is 4.19. The van der Waals surface area contributed by atoms with Crippen molar-refractivity contribution >= 4 is 16.8 Å². The second kappa shape index (κ2) is 6.64. The van der Waals surface area contributed by atoms with E-state index >= 15 is 0 Å². The van der Waals surface area contributed by atoms with Gasteiger partial charge in [0.2, 0.25) is 5.91 Å². The van der Waals surface area contributed by atoms with Gasteiger partial charge in [-0.3, -0.25) is 14.9 Å². The monoisotopic (exact) mass is 336 g/mol. The Bertz CT molecular complexity index is 877. The highest BCUT2D eigenvalue weighted by Crippen LogP contribution is 2.23. The molecule has 4 rings (SSSR count). The number of para-hydroxylation sites is 1. The molecule has 0 saturated carbocycles. The smallest absolute Gasteiger partial charge is 0.228 e. The number of β-amino-alcohol motifs (C(OH)–C–C–N with tert-alkyl or cyclic N) is 1. The molecule has 2 atom stereocenters. The first-order valence-electron chi connectivity index (χ1n) is 8.48. The van der Waals surface area contributed by atoms with Crippen LogP contribution in [0.15, 0.2) is 48.7 Å². The quantitative estimate of drug-likeness (QED) is 0.757. The molecule has 3 aromatic rings. The van der Waals surface area contributed by atoms with Gasteiger partial charge in [-0.05, 0) is 24.6 Å². The number of aliphatic hydroxyl groups excluding tert-OH is 1. The zero-order chi connectivity index (χ0) is 17.2. The van der Waals surface area contributed by atoms with E-state index in [0.717, 1.165) is 22.3 Å². The Morgan fingerprint density at radius 2 is 2.04 bits per heavy atom. The molecule has 6 nitrogen and oxygen atoms in total. The lowest BCUT2D eigenvalue weighted by molar-refractivity contribution is -0.129. The minimum atomic E-state index is -0.510. The lowest BCUT2D eigenvalue weighted by Gasteiger charge is -2.15. The van der Waals surface area contributed by atoms with E-state index in [1.165, 1.54) is 0 Å². The van der Waals surface area contributed by atoms with Gasteiger partial charge in [0.15, 0.2) is 0 Å². The molecule has 2 aromatic heterocycles. The summed E-state index contributed by atoms with van der Waals surface area (Å²) in [6.07, 6.45) is 2.19. The predicted molar refractivity (Wildman–Crippen MR) is 93.8 cm³/mol. The number of nitrogens with zero attached hydrogens (tertiary/aromatic N) is 3. The summed E-state index contributed by atoms with van der Waals surface area (Å²) in [5.74, 6) is 0.0364. The molecule has 0 bridgehead atoms. The number of hydrogen-bond donors (Lipinski definition) is 2. The Morgan fingerprint density at radius 1 is 1.20 bits per heavy atom. The number of hydrogen-bond acceptors (Lipinski definition) is 4. The number of nitrogens with one attached hydrogen (secondary N) is 1. The van der Waals surface area contributed by atoms with Crippen molar-refractivity contribution in [2.75, 3.05) is 13.1 Å². The molecule has 0 unspecified atom stereocenters. The van der Waals surface area contributed by atoms with E-state index in [9.17, 15) is 9.90 Å². The molecule has 1 amide bonds. The van der Waals surface area contributed by atoms with Gasteiger partial charge in [-0.1, -0.05) is 24.3 Å². The average Bonchev–Trinajstić information content (AvgIpc) is 3.20. The molecule has 6 heteroatoms. The Morgan fingerprint density at radius 3 is 2.88 bits per heavy atom. The number of amides is 1. The number of aliphatic hydroxyl groups is 1. The molecule has 25 heavy (non-hydrogen) atoms. The maximum absolute atomic E-state index is 12.7. The SMILES string of the molecule is O=C(Cc1[nH]nc2ccccc12)N1C[C@@H](Cc2ccccn2)[C@H](O)C1. The highest BCUT2D eigenvalue weighted by atomic mass is 16.3. The van der Waals surface area contributed by atoms with Gasteiger partial charge in [0, 0.05) is 36.3 Å². The molecule has 0 aliphatic carbocycles. The molecule has 1 aliphatic rings. The number of rotatable bonds is 4. The fourth-order valence-electron chi connectivity index (χ4n) is 3.46. The van der Waals surface area contributed by atoms with E-state index < -0.39 is 6.10 Å². The van der Waals surface area contributed by atoms with Crippen LogP contribution in [0.2, 0.25) is 0 Å². The fraction of sp³-hybridized carbons (Fsp3) is 0.316. The first-order chi connectivity index (χ1) is 12.2. The molecule has 1 aliphatic heterocycles. The summed E-state index contributed by atoms with van der Waals surface area (Å²) in [5.41, 5.74) is 2.63. The molecule has 1 saturated heterocycles. The highest BCUT2D eigenvalue weighted by molar-refractivity contribution is 5.87. The summed E-state index contributed by atoms with van der Waals surface area (Å²) in [5, 5.41) is 18.5. The molecule has 0 spiro atoms. The standard InChI is InChI=1S/C19H20N4O2/c24-18-12-23(11-13(18)9-14-5-3-4-8-20-14)19(25)10-17-15-6-1-2-7-16(15)21-22-17/h1-8,13,18,24H,9-12H2,(H,21,22)/t13-,18-/m1/s1. The van der Waals surface area contributed by atoms with Crippen LogP contribution in [0, 0.1) is 5.92 Å². The molecule has 3 heterocycles. The van der Waals surface area contributed by atoms with Crippen LogP contribution >= 0.6 is 0 Å². The van der Waals surface area contributed by atoms with E-state index in [1.54, 1.807) is 11.1 Å². The number of H-pyrrole nitrogens is 1. The van der Waals surface area contributed by atoms with Crippen molar-refractivity contribution in [1.82, 2.24) is 20.1 Å². The minimum absolute atomic E-state index is 0.0111. The highest BCUT2D eigenvalue weighted by Gasteiger charge is 2.34. The Hall–Kier alpha value is -2.73. The maximum Gasteiger partial charge on any atom is 0.228 e. The lowest BCUT2D eigenvalue weighted by Crippen LogP contribution is -2.31. The number of aromatic amines is 1. The number of aromatic nitrogens is 3. The predicted octanol–water partition coefficient (Wildman–Crippen LogP) is 1.56. The molecular formula is C19H20N4O2. The summed E-state index contributed by atoms with van der Waals surface area (Å²) < 4.78 is 0. The maximum atomic E-state index is 12.7. The number of benzene rings is 1. The normalized spacial score (nSPS) is 20.3. The number of likely N-dealkylation sites (tertiary alicyclic amines) is 1. The van der Waals surface area contributed by atoms with Crippen molar-refractivity contribution < 1.29 is 9.90 Å². The number of pyridine rings is 1. The van der Waals surface area contributed by atoms with E-state index in [4.69, 9.17) is 0 Å². The number of carbonyl (C=O) groups excluding carboxylic acids is 1. The fourth-order valence-corrected chi connectivity index (χ4v) is 3.46. The largest absolute Gasteiger partial charge is 0.391 e. The van der Waals surface area contributed by atoms with Gasteiger partial charge >= 0.3 is 0 Å². The van der Waals surface area contributed by atoms with Gasteiger partial charge in [-0.2, -0.15) is 5.10 Å². The van der Waals surface area contributed by atoms with Gasteiger partial charge in [0.05, 0.1) is 23.7 Å². The van der Waals surface area contributed by atoms with Crippen molar-refractivity contribution in [3.05, 3.63) is 60.0 Å². The van der Waals surface area contributed by atoms with Crippen molar-refractivity contribution in [2.45, 2.75) is 18.9 Å². The van der Waals surface area contributed by atoms with Gasteiger partial charge in [0.1, 0.15) is 0 Å². The van der Waals surface area contributed by atoms with E-state index in [-0.39, 0.29) is 18.2 Å². The van der Waals surface area contributed by atoms with Crippen LogP contribution in [0.25, 0.3) is 10.9 Å². The number of fused-ring (bicyclic) bond motifs is 1. The first-order valence-corrected chi connectivity index (χ1v) is 8.48. The van der Waals surface area contributed by atoms with Crippen molar-refractivity contribution in [3.8, 4) is 0 Å². The van der Waals surface area contributed by atoms with Gasteiger partial charge in [0.25, 0.3) is 0 Å². The third-order valence-electron chi connectivity index (χ3n) is 4.83. The summed E-state index contributed by atoms with van der Waals surface area (Å²) in [7, 11) is 0. The van der Waals surface area contributed by atoms with Gasteiger partial charge in [-0.25, -0.2) is 0 Å². The molecule has 128 valence electrons. The Labute approximate surface area is 145 Å². The molecule has 0 radical (unpaired) electrons. The number of carbonyl (C=O) groups is 1. The summed E-state index contributed by atoms with van der Waals surface area (Å²) in [6, 6.07) is 13.5. The lowest BCUT2D eigenvalue weighted by atomic mass is 10.00. The van der Waals surface area contributed by atoms with E-state index in [1.807, 2.05) is 42.5 Å². The summed E-state index contributed by atoms with van der Waals surface area (Å²) in [4.78, 5) is 18.7. The Balaban J connectivity index is 1.43. The van der Waals surface area contributed by atoms with Crippen LogP contribution in [0.1, 0.15) is 11.4 Å². The topological polar surface area (TPSA) is 82.1 Å². The van der Waals surface area contributed by atoms with Crippen molar-refractivity contribution in [3.63, 3.8) is 0 Å². The average molecular weight is 336 g/mol. The third-order valence-corrected chi connectivity index (χ3v) is 4.83.